The van der Waals surface area contributed by atoms with Crippen LogP contribution in [0.5, 0.6) is 5.75 Å². The van der Waals surface area contributed by atoms with Crippen LogP contribution in [0.2, 0.25) is 0 Å². The molecule has 0 bridgehead atoms. The molecule has 11 heteroatoms. The molecule has 4 rings (SSSR count). The normalized spacial score (nSPS) is 12.3. The van der Waals surface area contributed by atoms with E-state index in [9.17, 15) is 9.59 Å². The minimum absolute atomic E-state index is 0.244. The molecule has 0 spiro atoms. The highest BCUT2D eigenvalue weighted by Crippen LogP contribution is 2.36. The number of rotatable bonds is 8. The summed E-state index contributed by atoms with van der Waals surface area (Å²) < 4.78 is 17.0. The van der Waals surface area contributed by atoms with Crippen LogP contribution >= 0.6 is 0 Å². The molecule has 2 amide bonds. The number of para-hydroxylation sites is 2. The summed E-state index contributed by atoms with van der Waals surface area (Å²) in [4.78, 5) is 30.1. The third-order valence-electron chi connectivity index (χ3n) is 5.34. The van der Waals surface area contributed by atoms with Crippen LogP contribution in [0, 0.1) is 13.8 Å². The van der Waals surface area contributed by atoms with Crippen molar-refractivity contribution in [2.75, 3.05) is 12.0 Å². The van der Waals surface area contributed by atoms with Gasteiger partial charge in [0.25, 0.3) is 11.8 Å². The number of aryl methyl sites for hydroxylation is 2. The lowest BCUT2D eigenvalue weighted by molar-refractivity contribution is -0.128. The predicted molar refractivity (Wildman–Crippen MR) is 135 cm³/mol. The number of hydrogen-bond acceptors (Lipinski definition) is 8. The number of nitrogens with zero attached hydrogens (tertiary/aromatic N) is 5. The summed E-state index contributed by atoms with van der Waals surface area (Å²) in [5.74, 6) is 1.80. The molecule has 0 aliphatic heterocycles. The van der Waals surface area contributed by atoms with Crippen LogP contribution in [-0.4, -0.2) is 44.7 Å². The lowest BCUT2D eigenvalue weighted by Crippen LogP contribution is -2.50. The molecule has 3 aromatic heterocycles. The zero-order valence-corrected chi connectivity index (χ0v) is 21.7. The van der Waals surface area contributed by atoms with Crippen LogP contribution in [0.1, 0.15) is 44.1 Å². The van der Waals surface area contributed by atoms with Gasteiger partial charge in [0.1, 0.15) is 29.6 Å². The van der Waals surface area contributed by atoms with Gasteiger partial charge in [0.05, 0.1) is 12.8 Å². The van der Waals surface area contributed by atoms with E-state index < -0.39 is 23.4 Å². The minimum Gasteiger partial charge on any atom is -0.495 e. The number of benzene rings is 1. The maximum Gasteiger partial charge on any atom is 0.251 e. The number of hydrogen-bond donors (Lipinski definition) is 1. The van der Waals surface area contributed by atoms with Gasteiger partial charge in [-0.15, -0.1) is 10.2 Å². The zero-order valence-electron chi connectivity index (χ0n) is 21.7. The average molecular weight is 507 g/mol. The fourth-order valence-corrected chi connectivity index (χ4v) is 3.82. The molecule has 4 aromatic rings. The largest absolute Gasteiger partial charge is 0.495 e. The van der Waals surface area contributed by atoms with E-state index in [1.807, 2.05) is 27.7 Å². The van der Waals surface area contributed by atoms with Crippen LogP contribution in [-0.2, 0) is 16.1 Å². The quantitative estimate of drug-likeness (QED) is 0.382. The average Bonchev–Trinajstić information content (AvgIpc) is 3.57. The summed E-state index contributed by atoms with van der Waals surface area (Å²) in [6.07, 6.45) is 0. The van der Waals surface area contributed by atoms with Crippen molar-refractivity contribution in [2.24, 2.45) is 0 Å². The Balaban J connectivity index is 1.76. The number of aromatic nitrogens is 4. The van der Waals surface area contributed by atoms with E-state index in [0.717, 1.165) is 4.80 Å². The number of carbonyl (C=O) groups excluding carboxylic acids is 2. The zero-order chi connectivity index (χ0) is 26.7. The molecule has 1 unspecified atom stereocenters. The first kappa shape index (κ1) is 25.7. The van der Waals surface area contributed by atoms with Gasteiger partial charge in [0.2, 0.25) is 5.82 Å². The lowest BCUT2D eigenvalue weighted by Gasteiger charge is -2.33. The van der Waals surface area contributed by atoms with Gasteiger partial charge in [0.15, 0.2) is 11.8 Å². The molecule has 1 atom stereocenters. The molecule has 0 fully saturated rings. The summed E-state index contributed by atoms with van der Waals surface area (Å²) in [7, 11) is 1.50. The van der Waals surface area contributed by atoms with E-state index in [4.69, 9.17) is 13.6 Å². The van der Waals surface area contributed by atoms with Gasteiger partial charge in [-0.25, -0.2) is 0 Å². The van der Waals surface area contributed by atoms with E-state index in [1.54, 1.807) is 55.5 Å². The van der Waals surface area contributed by atoms with Crippen molar-refractivity contribution in [3.8, 4) is 17.3 Å². The molecule has 3 heterocycles. The van der Waals surface area contributed by atoms with Gasteiger partial charge in [0, 0.05) is 5.54 Å². The van der Waals surface area contributed by atoms with Crippen LogP contribution < -0.4 is 15.0 Å². The van der Waals surface area contributed by atoms with Gasteiger partial charge in [-0.1, -0.05) is 12.1 Å². The summed E-state index contributed by atoms with van der Waals surface area (Å²) in [5, 5.41) is 15.3. The fraction of sp³-hybridized carbons (Fsp3) is 0.346. The number of anilines is 1. The second-order valence-electron chi connectivity index (χ2n) is 9.58. The predicted octanol–water partition coefficient (Wildman–Crippen LogP) is 3.84. The van der Waals surface area contributed by atoms with Crippen molar-refractivity contribution in [3.63, 3.8) is 0 Å². The van der Waals surface area contributed by atoms with Crippen molar-refractivity contribution in [1.29, 1.82) is 0 Å². The maximum absolute atomic E-state index is 13.9. The van der Waals surface area contributed by atoms with Crippen LogP contribution in [0.15, 0.2) is 57.4 Å². The first-order valence-electron chi connectivity index (χ1n) is 11.7. The Morgan fingerprint density at radius 1 is 1.05 bits per heavy atom. The number of methoxy groups -OCH3 is 1. The standard InChI is InChI=1S/C26H30N6O5/c1-16-11-13-20(36-16)23(25(34)27-26(3,4)5)32(18-9-7-8-10-19(18)35-6)22(33)15-31-29-24(28-30-31)21-14-12-17(2)37-21/h7-14,23H,15H2,1-6H3,(H,27,34). The Morgan fingerprint density at radius 3 is 2.38 bits per heavy atom. The Hall–Kier alpha value is -4.41. The van der Waals surface area contributed by atoms with Crippen LogP contribution in [0.4, 0.5) is 5.69 Å². The molecule has 11 nitrogen and oxygen atoms in total. The Labute approximate surface area is 214 Å². The number of furan rings is 2. The van der Waals surface area contributed by atoms with Crippen LogP contribution in [0.3, 0.4) is 0 Å². The first-order valence-corrected chi connectivity index (χ1v) is 11.7. The fourth-order valence-electron chi connectivity index (χ4n) is 3.82. The minimum atomic E-state index is -1.13. The Kier molecular flexibility index (Phi) is 7.14. The highest BCUT2D eigenvalue weighted by molar-refractivity contribution is 6.02. The van der Waals surface area contributed by atoms with Crippen molar-refractivity contribution >= 4 is 17.5 Å². The molecule has 1 aromatic carbocycles. The molecule has 1 N–H and O–H groups in total. The van der Waals surface area contributed by atoms with E-state index in [0.29, 0.717) is 34.5 Å². The highest BCUT2D eigenvalue weighted by atomic mass is 16.5. The molecular weight excluding hydrogens is 476 g/mol. The highest BCUT2D eigenvalue weighted by Gasteiger charge is 2.38. The SMILES string of the molecule is COc1ccccc1N(C(=O)Cn1nnc(-c2ccc(C)o2)n1)C(C(=O)NC(C)(C)C)c1ccc(C)o1. The molecule has 0 aliphatic carbocycles. The van der Waals surface area contributed by atoms with Crippen molar-refractivity contribution in [1.82, 2.24) is 25.5 Å². The lowest BCUT2D eigenvalue weighted by atomic mass is 10.1. The van der Waals surface area contributed by atoms with E-state index >= 15 is 0 Å². The molecule has 0 saturated carbocycles. The molecule has 37 heavy (non-hydrogen) atoms. The molecule has 194 valence electrons. The van der Waals surface area contributed by atoms with Crippen molar-refractivity contribution in [3.05, 3.63) is 65.8 Å². The third kappa shape index (κ3) is 5.88. The number of amides is 2. The molecule has 0 aliphatic rings. The van der Waals surface area contributed by atoms with Crippen molar-refractivity contribution < 1.29 is 23.2 Å². The van der Waals surface area contributed by atoms with E-state index in [-0.39, 0.29) is 12.4 Å². The second kappa shape index (κ2) is 10.3. The topological polar surface area (TPSA) is 129 Å². The summed E-state index contributed by atoms with van der Waals surface area (Å²) in [5.41, 5.74) is -0.171. The number of carbonyl (C=O) groups is 2. The van der Waals surface area contributed by atoms with Gasteiger partial charge in [-0.05, 0) is 76.2 Å². The summed E-state index contributed by atoms with van der Waals surface area (Å²) >= 11 is 0. The summed E-state index contributed by atoms with van der Waals surface area (Å²) in [6, 6.07) is 12.8. The van der Waals surface area contributed by atoms with E-state index in [1.165, 1.54) is 12.0 Å². The van der Waals surface area contributed by atoms with E-state index in [2.05, 4.69) is 20.7 Å². The second-order valence-corrected chi connectivity index (χ2v) is 9.58. The van der Waals surface area contributed by atoms with Gasteiger partial charge in [-0.2, -0.15) is 4.80 Å². The third-order valence-corrected chi connectivity index (χ3v) is 5.34. The summed E-state index contributed by atoms with van der Waals surface area (Å²) in [6.45, 7) is 8.87. The van der Waals surface area contributed by atoms with Gasteiger partial charge in [-0.3, -0.25) is 14.5 Å². The Morgan fingerprint density at radius 2 is 1.76 bits per heavy atom. The first-order chi connectivity index (χ1) is 17.6. The maximum atomic E-state index is 13.9. The number of ether oxygens (including phenoxy) is 1. The Bertz CT molecular complexity index is 1400. The van der Waals surface area contributed by atoms with Gasteiger partial charge >= 0.3 is 0 Å². The monoisotopic (exact) mass is 506 g/mol. The van der Waals surface area contributed by atoms with Gasteiger partial charge < -0.3 is 18.9 Å². The smallest absolute Gasteiger partial charge is 0.251 e. The van der Waals surface area contributed by atoms with Crippen LogP contribution in [0.25, 0.3) is 11.6 Å². The number of nitrogens with one attached hydrogen (secondary N) is 1. The number of tetrazole rings is 1. The molecule has 0 saturated heterocycles. The van der Waals surface area contributed by atoms with Crippen molar-refractivity contribution in [2.45, 2.75) is 52.7 Å². The molecular formula is C26H30N6O5. The molecule has 0 radical (unpaired) electrons.